The molecule has 2 heterocycles. The number of amidine groups is 1. The van der Waals surface area contributed by atoms with Crippen molar-refractivity contribution in [1.82, 2.24) is 4.57 Å². The van der Waals surface area contributed by atoms with Gasteiger partial charge >= 0.3 is 0 Å². The number of fused-ring (bicyclic) bond motifs is 10. The number of benzene rings is 7. The molecule has 0 bridgehead atoms. The van der Waals surface area contributed by atoms with Gasteiger partial charge in [0.15, 0.2) is 5.84 Å². The lowest BCUT2D eigenvalue weighted by Crippen LogP contribution is -2.04. The third-order valence-corrected chi connectivity index (χ3v) is 10.5. The van der Waals surface area contributed by atoms with Crippen LogP contribution in [0, 0.1) is 0 Å². The van der Waals surface area contributed by atoms with E-state index in [2.05, 4.69) is 120 Å². The highest BCUT2D eigenvalue weighted by molar-refractivity contribution is 7.27. The molecule has 0 fully saturated rings. The maximum absolute atomic E-state index is 5.11. The number of aromatic nitrogens is 1. The molecule has 2 aromatic heterocycles. The van der Waals surface area contributed by atoms with Crippen molar-refractivity contribution in [2.45, 2.75) is 6.92 Å². The SMILES string of the molecule is C=C(N=C(N=C(C)c1ccccc1)c1ccccc1)c1ccc2c(c1)c1c3ccccc3c3c4ccccc4sc3c1n2-c1ccccc1. The lowest BCUT2D eigenvalue weighted by molar-refractivity contribution is 1.19. The van der Waals surface area contributed by atoms with Crippen LogP contribution in [0.2, 0.25) is 0 Å². The molecular formula is C45H31N3S. The van der Waals surface area contributed by atoms with Crippen molar-refractivity contribution in [3.05, 3.63) is 181 Å². The van der Waals surface area contributed by atoms with Crippen LogP contribution in [-0.2, 0) is 0 Å². The predicted octanol–water partition coefficient (Wildman–Crippen LogP) is 12.2. The van der Waals surface area contributed by atoms with Gasteiger partial charge in [-0.3, -0.25) is 0 Å². The molecule has 0 spiro atoms. The van der Waals surface area contributed by atoms with Crippen molar-refractivity contribution in [2.24, 2.45) is 9.98 Å². The van der Waals surface area contributed by atoms with Gasteiger partial charge in [-0.2, -0.15) is 0 Å². The van der Waals surface area contributed by atoms with Crippen LogP contribution in [0.15, 0.2) is 174 Å². The average Bonchev–Trinajstić information content (AvgIpc) is 3.72. The van der Waals surface area contributed by atoms with Gasteiger partial charge in [-0.05, 0) is 53.6 Å². The van der Waals surface area contributed by atoms with Gasteiger partial charge in [-0.25, -0.2) is 9.98 Å². The van der Waals surface area contributed by atoms with E-state index in [1.165, 1.54) is 47.2 Å². The molecule has 0 N–H and O–H groups in total. The normalized spacial score (nSPS) is 12.5. The Morgan fingerprint density at radius 3 is 1.86 bits per heavy atom. The summed E-state index contributed by atoms with van der Waals surface area (Å²) in [5.74, 6) is 0.635. The minimum Gasteiger partial charge on any atom is -0.308 e. The summed E-state index contributed by atoms with van der Waals surface area (Å²) in [5.41, 5.74) is 8.05. The van der Waals surface area contributed by atoms with E-state index in [1.807, 2.05) is 66.8 Å². The van der Waals surface area contributed by atoms with E-state index in [4.69, 9.17) is 9.98 Å². The quantitative estimate of drug-likeness (QED) is 0.132. The summed E-state index contributed by atoms with van der Waals surface area (Å²) >= 11 is 1.88. The zero-order valence-electron chi connectivity index (χ0n) is 27.0. The lowest BCUT2D eigenvalue weighted by Gasteiger charge is -2.10. The van der Waals surface area contributed by atoms with E-state index in [0.717, 1.165) is 33.6 Å². The number of hydrogen-bond donors (Lipinski definition) is 0. The Morgan fingerprint density at radius 2 is 1.14 bits per heavy atom. The monoisotopic (exact) mass is 645 g/mol. The molecule has 0 aliphatic rings. The summed E-state index contributed by atoms with van der Waals surface area (Å²) in [6, 6.07) is 55.4. The molecule has 0 aliphatic heterocycles. The van der Waals surface area contributed by atoms with Gasteiger partial charge in [0.25, 0.3) is 0 Å². The van der Waals surface area contributed by atoms with E-state index in [0.29, 0.717) is 11.5 Å². The third kappa shape index (κ3) is 4.88. The highest BCUT2D eigenvalue weighted by Gasteiger charge is 2.22. The van der Waals surface area contributed by atoms with Crippen molar-refractivity contribution in [2.75, 3.05) is 0 Å². The summed E-state index contributed by atoms with van der Waals surface area (Å²) in [6.45, 7) is 6.53. The smallest absolute Gasteiger partial charge is 0.160 e. The van der Waals surface area contributed by atoms with Crippen LogP contribution in [0.1, 0.15) is 23.6 Å². The van der Waals surface area contributed by atoms with Crippen LogP contribution < -0.4 is 0 Å². The van der Waals surface area contributed by atoms with E-state index >= 15 is 0 Å². The molecule has 232 valence electrons. The Balaban J connectivity index is 1.32. The molecule has 0 radical (unpaired) electrons. The number of aliphatic imine (C=N–C) groups is 2. The second-order valence-corrected chi connectivity index (χ2v) is 13.3. The second-order valence-electron chi connectivity index (χ2n) is 12.3. The fraction of sp³-hybridized carbons (Fsp3) is 0.0222. The summed E-state index contributed by atoms with van der Waals surface area (Å²) < 4.78 is 5.03. The Hall–Kier alpha value is -6.10. The van der Waals surface area contributed by atoms with Gasteiger partial charge in [-0.1, -0.05) is 134 Å². The van der Waals surface area contributed by atoms with Crippen LogP contribution in [0.25, 0.3) is 64.1 Å². The maximum Gasteiger partial charge on any atom is 0.160 e. The molecule has 0 atom stereocenters. The van der Waals surface area contributed by atoms with Crippen LogP contribution in [0.4, 0.5) is 0 Å². The first-order valence-corrected chi connectivity index (χ1v) is 17.3. The van der Waals surface area contributed by atoms with E-state index in [-0.39, 0.29) is 0 Å². The fourth-order valence-corrected chi connectivity index (χ4v) is 8.30. The molecule has 49 heavy (non-hydrogen) atoms. The van der Waals surface area contributed by atoms with E-state index in [9.17, 15) is 0 Å². The molecule has 4 heteroatoms. The predicted molar refractivity (Wildman–Crippen MR) is 212 cm³/mol. The van der Waals surface area contributed by atoms with Crippen molar-refractivity contribution in [3.8, 4) is 5.69 Å². The molecule has 0 amide bonds. The number of para-hydroxylation sites is 1. The zero-order chi connectivity index (χ0) is 32.9. The van der Waals surface area contributed by atoms with Gasteiger partial charge in [0.1, 0.15) is 0 Å². The lowest BCUT2D eigenvalue weighted by atomic mass is 9.98. The Bertz CT molecular complexity index is 2770. The van der Waals surface area contributed by atoms with Crippen LogP contribution in [-0.4, -0.2) is 16.1 Å². The highest BCUT2D eigenvalue weighted by Crippen LogP contribution is 2.48. The van der Waals surface area contributed by atoms with Crippen molar-refractivity contribution < 1.29 is 0 Å². The number of thiophene rings is 1. The second kappa shape index (κ2) is 11.9. The van der Waals surface area contributed by atoms with Gasteiger partial charge in [0.2, 0.25) is 0 Å². The molecular weight excluding hydrogens is 615 g/mol. The minimum atomic E-state index is 0.635. The standard InChI is InChI=1S/C45H31N3S/c1-29(31-16-6-3-7-17-31)46-45(32-18-8-4-9-19-32)47-30(2)33-26-27-39-38(28-33)41-35-22-12-13-23-36(35)42-37-24-14-15-25-40(37)49-44(42)43(41)48(39)34-20-10-5-11-21-34/h3-28H,2H2,1H3. The minimum absolute atomic E-state index is 0.635. The first-order chi connectivity index (χ1) is 24.2. The van der Waals surface area contributed by atoms with E-state index < -0.39 is 0 Å². The highest BCUT2D eigenvalue weighted by atomic mass is 32.1. The van der Waals surface area contributed by atoms with Crippen LogP contribution in [0.3, 0.4) is 0 Å². The zero-order valence-corrected chi connectivity index (χ0v) is 27.8. The summed E-state index contributed by atoms with van der Waals surface area (Å²) in [4.78, 5) is 10.1. The summed E-state index contributed by atoms with van der Waals surface area (Å²) in [6.07, 6.45) is 0. The number of nitrogens with zero attached hydrogens (tertiary/aromatic N) is 3. The Labute approximate surface area is 288 Å². The first-order valence-electron chi connectivity index (χ1n) is 16.5. The first kappa shape index (κ1) is 29.1. The van der Waals surface area contributed by atoms with Crippen molar-refractivity contribution in [1.29, 1.82) is 0 Å². The third-order valence-electron chi connectivity index (χ3n) is 9.33. The van der Waals surface area contributed by atoms with Crippen molar-refractivity contribution in [3.63, 3.8) is 0 Å². The molecule has 3 nitrogen and oxygen atoms in total. The molecule has 9 rings (SSSR count). The summed E-state index contributed by atoms with van der Waals surface area (Å²) in [5, 5.41) is 7.55. The van der Waals surface area contributed by atoms with Crippen LogP contribution in [0.5, 0.6) is 0 Å². The molecule has 0 aliphatic carbocycles. The number of hydrogen-bond acceptors (Lipinski definition) is 2. The Kier molecular flexibility index (Phi) is 7.03. The van der Waals surface area contributed by atoms with Gasteiger partial charge in [0, 0.05) is 48.8 Å². The average molecular weight is 646 g/mol. The molecule has 0 unspecified atom stereocenters. The fourth-order valence-electron chi connectivity index (χ4n) is 7.04. The largest absolute Gasteiger partial charge is 0.308 e. The maximum atomic E-state index is 5.11. The van der Waals surface area contributed by atoms with Gasteiger partial charge in [-0.15, -0.1) is 11.3 Å². The number of rotatable bonds is 5. The molecule has 9 aromatic rings. The van der Waals surface area contributed by atoms with E-state index in [1.54, 1.807) is 0 Å². The van der Waals surface area contributed by atoms with Gasteiger partial charge in [0.05, 0.1) is 21.4 Å². The molecule has 0 saturated carbocycles. The topological polar surface area (TPSA) is 29.6 Å². The summed E-state index contributed by atoms with van der Waals surface area (Å²) in [7, 11) is 0. The van der Waals surface area contributed by atoms with Gasteiger partial charge < -0.3 is 4.57 Å². The van der Waals surface area contributed by atoms with Crippen LogP contribution >= 0.6 is 11.3 Å². The molecule has 0 saturated heterocycles. The molecule has 7 aromatic carbocycles. The van der Waals surface area contributed by atoms with Crippen molar-refractivity contribution >= 4 is 81.3 Å². The Morgan fingerprint density at radius 1 is 0.551 bits per heavy atom.